The van der Waals surface area contributed by atoms with Crippen LogP contribution in [0.5, 0.6) is 5.75 Å². The first-order valence-electron chi connectivity index (χ1n) is 12.2. The summed E-state index contributed by atoms with van der Waals surface area (Å²) in [6.07, 6.45) is 6.78. The number of piperidine rings is 1. The summed E-state index contributed by atoms with van der Waals surface area (Å²) >= 11 is 0. The topological polar surface area (TPSA) is 104 Å². The van der Waals surface area contributed by atoms with Crippen LogP contribution in [0.1, 0.15) is 67.8 Å². The summed E-state index contributed by atoms with van der Waals surface area (Å²) in [6, 6.07) is 5.48. The van der Waals surface area contributed by atoms with Crippen LogP contribution in [0.15, 0.2) is 18.2 Å². The zero-order chi connectivity index (χ0) is 23.0. The molecule has 3 aliphatic heterocycles. The number of hydrogen-bond donors (Lipinski definition) is 3. The largest absolute Gasteiger partial charge is 0.489 e. The van der Waals surface area contributed by atoms with Gasteiger partial charge >= 0.3 is 0 Å². The normalized spacial score (nSPS) is 29.2. The Balaban J connectivity index is 1.26. The lowest BCUT2D eigenvalue weighted by molar-refractivity contribution is -0.125. The monoisotopic (exact) mass is 454 g/mol. The van der Waals surface area contributed by atoms with E-state index in [4.69, 9.17) is 14.9 Å². The molecule has 4 aliphatic rings. The van der Waals surface area contributed by atoms with Crippen molar-refractivity contribution in [3.63, 3.8) is 0 Å². The smallest absolute Gasteiger partial charge is 0.255 e. The molecule has 3 heterocycles. The van der Waals surface area contributed by atoms with E-state index in [9.17, 15) is 9.59 Å². The lowest BCUT2D eigenvalue weighted by Gasteiger charge is -2.40. The lowest BCUT2D eigenvalue weighted by atomic mass is 9.88. The van der Waals surface area contributed by atoms with Crippen molar-refractivity contribution in [1.82, 2.24) is 15.5 Å². The molecule has 1 aromatic carbocycles. The maximum atomic E-state index is 13.0. The molecule has 178 valence electrons. The molecule has 1 saturated carbocycles. The van der Waals surface area contributed by atoms with E-state index in [-0.39, 0.29) is 29.2 Å². The molecule has 3 atom stereocenters. The van der Waals surface area contributed by atoms with Crippen molar-refractivity contribution in [2.24, 2.45) is 5.41 Å². The van der Waals surface area contributed by atoms with Crippen LogP contribution in [0.3, 0.4) is 0 Å². The third-order valence-electron chi connectivity index (χ3n) is 7.46. The minimum atomic E-state index is -0.518. The van der Waals surface area contributed by atoms with Gasteiger partial charge in [-0.3, -0.25) is 15.0 Å². The second-order valence-corrected chi connectivity index (χ2v) is 10.4. The highest BCUT2D eigenvalue weighted by atomic mass is 16.5. The Morgan fingerprint density at radius 3 is 2.79 bits per heavy atom. The highest BCUT2D eigenvalue weighted by Crippen LogP contribution is 2.32. The molecule has 1 unspecified atom stereocenters. The van der Waals surface area contributed by atoms with E-state index in [2.05, 4.69) is 17.6 Å². The molecule has 8 nitrogen and oxygen atoms in total. The Hall–Kier alpha value is -2.45. The van der Waals surface area contributed by atoms with E-state index in [0.717, 1.165) is 50.3 Å². The summed E-state index contributed by atoms with van der Waals surface area (Å²) in [4.78, 5) is 27.0. The van der Waals surface area contributed by atoms with Crippen LogP contribution in [0.4, 0.5) is 0 Å². The third-order valence-corrected chi connectivity index (χ3v) is 7.46. The molecule has 2 amide bonds. The van der Waals surface area contributed by atoms with Gasteiger partial charge < -0.3 is 25.0 Å². The second kappa shape index (κ2) is 9.06. The van der Waals surface area contributed by atoms with Crippen LogP contribution >= 0.6 is 0 Å². The lowest BCUT2D eigenvalue weighted by Crippen LogP contribution is -2.52. The second-order valence-electron chi connectivity index (χ2n) is 10.4. The fraction of sp³-hybridized carbons (Fsp3) is 0.640. The van der Waals surface area contributed by atoms with Crippen LogP contribution in [-0.2, 0) is 16.1 Å². The van der Waals surface area contributed by atoms with Crippen LogP contribution in [0.2, 0.25) is 0 Å². The summed E-state index contributed by atoms with van der Waals surface area (Å²) in [6.45, 7) is 5.23. The molecule has 8 heteroatoms. The number of nitrogens with one attached hydrogen (secondary N) is 3. The number of rotatable bonds is 6. The quantitative estimate of drug-likeness (QED) is 0.574. The maximum Gasteiger partial charge on any atom is 0.255 e. The van der Waals surface area contributed by atoms with Crippen molar-refractivity contribution in [3.05, 3.63) is 29.3 Å². The number of carbonyl (C=O) groups excluding carboxylic acids is 2. The minimum Gasteiger partial charge on any atom is -0.489 e. The Morgan fingerprint density at radius 2 is 2.03 bits per heavy atom. The Kier molecular flexibility index (Phi) is 6.14. The van der Waals surface area contributed by atoms with Crippen molar-refractivity contribution < 1.29 is 19.1 Å². The number of carbonyl (C=O) groups is 2. The average Bonchev–Trinajstić information content (AvgIpc) is 2.93. The van der Waals surface area contributed by atoms with Crippen molar-refractivity contribution in [2.75, 3.05) is 19.8 Å². The van der Waals surface area contributed by atoms with Gasteiger partial charge in [0.05, 0.1) is 19.0 Å². The van der Waals surface area contributed by atoms with Crippen molar-refractivity contribution in [1.29, 1.82) is 5.41 Å². The zero-order valence-corrected chi connectivity index (χ0v) is 19.3. The summed E-state index contributed by atoms with van der Waals surface area (Å²) < 4.78 is 11.9. The number of fused-ring (bicyclic) bond motifs is 1. The van der Waals surface area contributed by atoms with Gasteiger partial charge in [0, 0.05) is 36.5 Å². The SMILES string of the molecule is CC1(CN[C@H]2CCCCC[C@@H]2Oc2ccc3c(c2)CN(C2CCC(=N)NC2=O)C3=O)COC1. The van der Waals surface area contributed by atoms with Gasteiger partial charge in [-0.2, -0.15) is 0 Å². The number of amidine groups is 1. The standard InChI is InChI=1S/C25H34N4O4/c1-25(14-32-15-25)13-27-19-5-3-2-4-6-21(19)33-17-7-8-18-16(11-17)12-29(24(18)31)20-9-10-22(26)28-23(20)30/h7-8,11,19-21,27H,2-6,9-10,12-15H2,1H3,(H2,26,28,30)/t19-,20?,21-/m0/s1. The van der Waals surface area contributed by atoms with E-state index < -0.39 is 6.04 Å². The van der Waals surface area contributed by atoms with Crippen LogP contribution < -0.4 is 15.4 Å². The molecule has 0 bridgehead atoms. The number of hydrogen-bond acceptors (Lipinski definition) is 6. The highest BCUT2D eigenvalue weighted by molar-refractivity contribution is 6.06. The predicted octanol–water partition coefficient (Wildman–Crippen LogP) is 2.60. The molecule has 1 aromatic rings. The molecular weight excluding hydrogens is 420 g/mol. The molecule has 33 heavy (non-hydrogen) atoms. The molecule has 3 fully saturated rings. The van der Waals surface area contributed by atoms with Crippen molar-refractivity contribution in [3.8, 4) is 5.75 Å². The average molecular weight is 455 g/mol. The first-order valence-corrected chi connectivity index (χ1v) is 12.2. The molecular formula is C25H34N4O4. The van der Waals surface area contributed by atoms with Gasteiger partial charge in [0.2, 0.25) is 5.91 Å². The van der Waals surface area contributed by atoms with Crippen molar-refractivity contribution >= 4 is 17.6 Å². The van der Waals surface area contributed by atoms with E-state index in [1.165, 1.54) is 12.8 Å². The van der Waals surface area contributed by atoms with Crippen LogP contribution in [0, 0.1) is 10.8 Å². The summed E-state index contributed by atoms with van der Waals surface area (Å²) in [5.41, 5.74) is 1.77. The van der Waals surface area contributed by atoms with E-state index >= 15 is 0 Å². The van der Waals surface area contributed by atoms with Gasteiger partial charge in [-0.05, 0) is 49.4 Å². The molecule has 2 saturated heterocycles. The van der Waals surface area contributed by atoms with Gasteiger partial charge in [0.1, 0.15) is 17.9 Å². The molecule has 0 radical (unpaired) electrons. The zero-order valence-electron chi connectivity index (χ0n) is 19.3. The summed E-state index contributed by atoms with van der Waals surface area (Å²) in [5.74, 6) is 0.633. The van der Waals surface area contributed by atoms with Gasteiger partial charge in [-0.1, -0.05) is 19.8 Å². The maximum absolute atomic E-state index is 13.0. The summed E-state index contributed by atoms with van der Waals surface area (Å²) in [5, 5.41) is 14.0. The molecule has 0 spiro atoms. The van der Waals surface area contributed by atoms with E-state index in [1.54, 1.807) is 4.90 Å². The van der Waals surface area contributed by atoms with E-state index in [0.29, 0.717) is 31.0 Å². The van der Waals surface area contributed by atoms with Crippen LogP contribution in [0.25, 0.3) is 0 Å². The van der Waals surface area contributed by atoms with Crippen molar-refractivity contribution in [2.45, 2.75) is 76.6 Å². The third kappa shape index (κ3) is 4.64. The Morgan fingerprint density at radius 1 is 1.21 bits per heavy atom. The predicted molar refractivity (Wildman–Crippen MR) is 123 cm³/mol. The molecule has 0 aromatic heterocycles. The summed E-state index contributed by atoms with van der Waals surface area (Å²) in [7, 11) is 0. The Bertz CT molecular complexity index is 944. The Labute approximate surface area is 194 Å². The van der Waals surface area contributed by atoms with Gasteiger partial charge in [0.15, 0.2) is 0 Å². The number of benzene rings is 1. The van der Waals surface area contributed by atoms with Crippen LogP contribution in [-0.4, -0.2) is 60.5 Å². The first kappa shape index (κ1) is 22.3. The highest BCUT2D eigenvalue weighted by Gasteiger charge is 2.39. The van der Waals surface area contributed by atoms with Gasteiger partial charge in [-0.15, -0.1) is 0 Å². The molecule has 1 aliphatic carbocycles. The molecule has 5 rings (SSSR count). The molecule has 3 N–H and O–H groups in total. The number of amides is 2. The first-order chi connectivity index (χ1) is 15.9. The fourth-order valence-corrected chi connectivity index (χ4v) is 5.40. The number of ether oxygens (including phenoxy) is 2. The number of nitrogens with zero attached hydrogens (tertiary/aromatic N) is 1. The fourth-order valence-electron chi connectivity index (χ4n) is 5.40. The van der Waals surface area contributed by atoms with Gasteiger partial charge in [-0.25, -0.2) is 0 Å². The van der Waals surface area contributed by atoms with Gasteiger partial charge in [0.25, 0.3) is 5.91 Å². The minimum absolute atomic E-state index is 0.0958. The van der Waals surface area contributed by atoms with E-state index in [1.807, 2.05) is 18.2 Å².